The van der Waals surface area contributed by atoms with Gasteiger partial charge in [0.15, 0.2) is 0 Å². The molecule has 7 heteroatoms. The summed E-state index contributed by atoms with van der Waals surface area (Å²) in [6.45, 7) is 1.92. The average molecular weight is 332 g/mol. The SMILES string of the molecule is CNC(=O)NC(=O)C(C)NCc1cc(F)ccc1Br. The van der Waals surface area contributed by atoms with E-state index in [1.54, 1.807) is 13.0 Å². The van der Waals surface area contributed by atoms with Crippen LogP contribution in [0, 0.1) is 5.82 Å². The van der Waals surface area contributed by atoms with Crippen molar-refractivity contribution >= 4 is 27.9 Å². The molecule has 3 amide bonds. The van der Waals surface area contributed by atoms with E-state index in [-0.39, 0.29) is 5.82 Å². The number of benzene rings is 1. The van der Waals surface area contributed by atoms with Crippen molar-refractivity contribution in [3.05, 3.63) is 34.1 Å². The van der Waals surface area contributed by atoms with Crippen LogP contribution in [0.5, 0.6) is 0 Å². The summed E-state index contributed by atoms with van der Waals surface area (Å²) in [6.07, 6.45) is 0. The first-order chi connectivity index (χ1) is 8.93. The molecule has 1 rings (SSSR count). The fraction of sp³-hybridized carbons (Fsp3) is 0.333. The predicted molar refractivity (Wildman–Crippen MR) is 73.0 cm³/mol. The largest absolute Gasteiger partial charge is 0.341 e. The molecular weight excluding hydrogens is 317 g/mol. The maximum atomic E-state index is 13.1. The van der Waals surface area contributed by atoms with E-state index in [1.807, 2.05) is 0 Å². The van der Waals surface area contributed by atoms with Gasteiger partial charge < -0.3 is 10.6 Å². The molecule has 0 spiro atoms. The molecule has 1 aromatic rings. The summed E-state index contributed by atoms with van der Waals surface area (Å²) in [4.78, 5) is 22.5. The molecule has 0 aliphatic heterocycles. The van der Waals surface area contributed by atoms with Gasteiger partial charge in [0.2, 0.25) is 5.91 Å². The van der Waals surface area contributed by atoms with Gasteiger partial charge in [0, 0.05) is 18.1 Å². The van der Waals surface area contributed by atoms with Gasteiger partial charge in [0.1, 0.15) is 5.82 Å². The summed E-state index contributed by atoms with van der Waals surface area (Å²) in [7, 11) is 1.42. The molecule has 0 aliphatic rings. The van der Waals surface area contributed by atoms with Crippen molar-refractivity contribution in [2.24, 2.45) is 0 Å². The van der Waals surface area contributed by atoms with Crippen molar-refractivity contribution in [2.75, 3.05) is 7.05 Å². The van der Waals surface area contributed by atoms with E-state index in [0.717, 1.165) is 4.47 Å². The lowest BCUT2D eigenvalue weighted by Gasteiger charge is -2.14. The number of hydrogen-bond acceptors (Lipinski definition) is 3. The highest BCUT2D eigenvalue weighted by atomic mass is 79.9. The number of imide groups is 1. The molecule has 104 valence electrons. The molecule has 5 nitrogen and oxygen atoms in total. The highest BCUT2D eigenvalue weighted by Crippen LogP contribution is 2.17. The molecule has 0 saturated heterocycles. The number of carbonyl (C=O) groups excluding carboxylic acids is 2. The normalized spacial score (nSPS) is 11.8. The van der Waals surface area contributed by atoms with Crippen molar-refractivity contribution in [3.63, 3.8) is 0 Å². The Morgan fingerprint density at radius 1 is 1.42 bits per heavy atom. The van der Waals surface area contributed by atoms with Crippen LogP contribution in [-0.4, -0.2) is 25.0 Å². The van der Waals surface area contributed by atoms with Crippen molar-refractivity contribution in [1.82, 2.24) is 16.0 Å². The van der Waals surface area contributed by atoms with Gasteiger partial charge in [-0.2, -0.15) is 0 Å². The molecule has 1 unspecified atom stereocenters. The highest BCUT2D eigenvalue weighted by molar-refractivity contribution is 9.10. The number of carbonyl (C=O) groups is 2. The van der Waals surface area contributed by atoms with Gasteiger partial charge in [-0.15, -0.1) is 0 Å². The van der Waals surface area contributed by atoms with E-state index in [0.29, 0.717) is 12.1 Å². The number of rotatable bonds is 4. The molecule has 0 aliphatic carbocycles. The van der Waals surface area contributed by atoms with E-state index in [4.69, 9.17) is 0 Å². The van der Waals surface area contributed by atoms with Crippen LogP contribution in [0.25, 0.3) is 0 Å². The minimum atomic E-state index is -0.576. The van der Waals surface area contributed by atoms with E-state index in [1.165, 1.54) is 19.2 Å². The van der Waals surface area contributed by atoms with Crippen LogP contribution in [0.2, 0.25) is 0 Å². The van der Waals surface area contributed by atoms with Gasteiger partial charge in [-0.1, -0.05) is 15.9 Å². The number of nitrogens with one attached hydrogen (secondary N) is 3. The maximum absolute atomic E-state index is 13.1. The van der Waals surface area contributed by atoms with E-state index >= 15 is 0 Å². The fourth-order valence-electron chi connectivity index (χ4n) is 1.32. The zero-order valence-electron chi connectivity index (χ0n) is 10.6. The number of urea groups is 1. The van der Waals surface area contributed by atoms with Crippen LogP contribution < -0.4 is 16.0 Å². The molecule has 0 bridgehead atoms. The molecule has 1 atom stereocenters. The number of hydrogen-bond donors (Lipinski definition) is 3. The van der Waals surface area contributed by atoms with Gasteiger partial charge in [-0.05, 0) is 30.7 Å². The number of amides is 3. The van der Waals surface area contributed by atoms with Crippen LogP contribution in [0.4, 0.5) is 9.18 Å². The van der Waals surface area contributed by atoms with Gasteiger partial charge in [0.25, 0.3) is 0 Å². The van der Waals surface area contributed by atoms with Gasteiger partial charge in [0.05, 0.1) is 6.04 Å². The second-order valence-electron chi connectivity index (χ2n) is 3.91. The molecule has 0 radical (unpaired) electrons. The Morgan fingerprint density at radius 3 is 2.74 bits per heavy atom. The minimum Gasteiger partial charge on any atom is -0.341 e. The third-order valence-electron chi connectivity index (χ3n) is 2.46. The molecule has 0 fully saturated rings. The monoisotopic (exact) mass is 331 g/mol. The lowest BCUT2D eigenvalue weighted by molar-refractivity contribution is -0.121. The first kappa shape index (κ1) is 15.6. The first-order valence-electron chi connectivity index (χ1n) is 5.64. The third kappa shape index (κ3) is 4.96. The number of halogens is 2. The smallest absolute Gasteiger partial charge is 0.321 e. The van der Waals surface area contributed by atoms with Crippen molar-refractivity contribution in [3.8, 4) is 0 Å². The van der Waals surface area contributed by atoms with Crippen LogP contribution in [0.3, 0.4) is 0 Å². The lowest BCUT2D eigenvalue weighted by atomic mass is 10.2. The zero-order chi connectivity index (χ0) is 14.4. The fourth-order valence-corrected chi connectivity index (χ4v) is 1.70. The van der Waals surface area contributed by atoms with Crippen LogP contribution in [0.1, 0.15) is 12.5 Å². The maximum Gasteiger partial charge on any atom is 0.321 e. The van der Waals surface area contributed by atoms with Crippen LogP contribution in [0.15, 0.2) is 22.7 Å². The topological polar surface area (TPSA) is 70.2 Å². The standard InChI is InChI=1S/C12H15BrFN3O2/c1-7(11(18)17-12(19)15-2)16-6-8-5-9(14)3-4-10(8)13/h3-5,7,16H,6H2,1-2H3,(H2,15,17,18,19). The second-order valence-corrected chi connectivity index (χ2v) is 4.76. The second kappa shape index (κ2) is 7.20. The van der Waals surface area contributed by atoms with Gasteiger partial charge >= 0.3 is 6.03 Å². The third-order valence-corrected chi connectivity index (χ3v) is 3.24. The predicted octanol–water partition coefficient (Wildman–Crippen LogP) is 1.52. The first-order valence-corrected chi connectivity index (χ1v) is 6.43. The van der Waals surface area contributed by atoms with E-state index in [2.05, 4.69) is 31.9 Å². The van der Waals surface area contributed by atoms with Gasteiger partial charge in [-0.25, -0.2) is 9.18 Å². The molecule has 1 aromatic carbocycles. The summed E-state index contributed by atoms with van der Waals surface area (Å²) in [5.41, 5.74) is 0.694. The Balaban J connectivity index is 2.54. The quantitative estimate of drug-likeness (QED) is 0.783. The Hall–Kier alpha value is -1.47. The Kier molecular flexibility index (Phi) is 5.91. The zero-order valence-corrected chi connectivity index (χ0v) is 12.2. The van der Waals surface area contributed by atoms with Crippen molar-refractivity contribution < 1.29 is 14.0 Å². The summed E-state index contributed by atoms with van der Waals surface area (Å²) >= 11 is 3.30. The van der Waals surface area contributed by atoms with Crippen LogP contribution >= 0.6 is 15.9 Å². The van der Waals surface area contributed by atoms with Crippen LogP contribution in [-0.2, 0) is 11.3 Å². The van der Waals surface area contributed by atoms with Crippen molar-refractivity contribution in [2.45, 2.75) is 19.5 Å². The van der Waals surface area contributed by atoms with E-state index < -0.39 is 18.0 Å². The average Bonchev–Trinajstić information content (AvgIpc) is 2.39. The van der Waals surface area contributed by atoms with Gasteiger partial charge in [-0.3, -0.25) is 10.1 Å². The molecule has 0 aromatic heterocycles. The molecule has 0 saturated carbocycles. The Bertz CT molecular complexity index is 482. The molecular formula is C12H15BrFN3O2. The molecule has 3 N–H and O–H groups in total. The summed E-state index contributed by atoms with van der Waals surface area (Å²) in [6, 6.07) is 3.18. The molecule has 0 heterocycles. The van der Waals surface area contributed by atoms with Crippen molar-refractivity contribution in [1.29, 1.82) is 0 Å². The summed E-state index contributed by atoms with van der Waals surface area (Å²) < 4.78 is 13.8. The lowest BCUT2D eigenvalue weighted by Crippen LogP contribution is -2.47. The highest BCUT2D eigenvalue weighted by Gasteiger charge is 2.14. The summed E-state index contributed by atoms with van der Waals surface area (Å²) in [5.74, 6) is -0.797. The Labute approximate surface area is 119 Å². The minimum absolute atomic E-state index is 0.306. The Morgan fingerprint density at radius 2 is 2.11 bits per heavy atom. The summed E-state index contributed by atoms with van der Waals surface area (Å²) in [5, 5.41) is 7.35. The molecule has 19 heavy (non-hydrogen) atoms. The van der Waals surface area contributed by atoms with E-state index in [9.17, 15) is 14.0 Å².